The Bertz CT molecular complexity index is 1510. The topological polar surface area (TPSA) is 104 Å². The zero-order valence-corrected chi connectivity index (χ0v) is 23.8. The number of carbonyl (C=O) groups excluding carboxylic acids is 1. The van der Waals surface area contributed by atoms with Crippen LogP contribution < -0.4 is 15.1 Å². The van der Waals surface area contributed by atoms with Crippen LogP contribution in [0.3, 0.4) is 0 Å². The number of phenols is 1. The highest BCUT2D eigenvalue weighted by atomic mass is 32.1. The summed E-state index contributed by atoms with van der Waals surface area (Å²) in [5.74, 6) is -0.388. The Morgan fingerprint density at radius 1 is 1.27 bits per heavy atom. The molecular formula is C29H29F3N6O2S. The number of amides is 1. The normalized spacial score (nSPS) is 16.5. The average Bonchev–Trinajstić information content (AvgIpc) is 3.14. The minimum absolute atomic E-state index is 0.0622. The third-order valence-electron chi connectivity index (χ3n) is 6.16. The molecule has 0 bridgehead atoms. The minimum Gasteiger partial charge on any atom is -0.507 e. The summed E-state index contributed by atoms with van der Waals surface area (Å²) in [5, 5.41) is 22.7. The molecule has 1 heterocycles. The number of hydrogen-bond acceptors (Lipinski definition) is 6. The first-order chi connectivity index (χ1) is 19.3. The van der Waals surface area contributed by atoms with Gasteiger partial charge in [0.15, 0.2) is 5.11 Å². The van der Waals surface area contributed by atoms with Crippen molar-refractivity contribution in [3.63, 3.8) is 0 Å². The number of amidine groups is 1. The summed E-state index contributed by atoms with van der Waals surface area (Å²) < 4.78 is 40.7. The van der Waals surface area contributed by atoms with E-state index in [0.717, 1.165) is 35.6 Å². The van der Waals surface area contributed by atoms with Gasteiger partial charge >= 0.3 is 6.18 Å². The van der Waals surface area contributed by atoms with Gasteiger partial charge in [-0.25, -0.2) is 0 Å². The van der Waals surface area contributed by atoms with Crippen molar-refractivity contribution >= 4 is 46.7 Å². The van der Waals surface area contributed by atoms with Crippen LogP contribution in [0.1, 0.15) is 50.3 Å². The van der Waals surface area contributed by atoms with Gasteiger partial charge in [-0.1, -0.05) is 19.9 Å². The lowest BCUT2D eigenvalue weighted by Crippen LogP contribution is -2.34. The summed E-state index contributed by atoms with van der Waals surface area (Å²) in [4.78, 5) is 24.3. The third-order valence-corrected chi connectivity index (χ3v) is 6.54. The number of thiocarbonyl (C=S) groups is 1. The van der Waals surface area contributed by atoms with Gasteiger partial charge in [-0.05, 0) is 75.0 Å². The fraction of sp³-hybridized carbons (Fsp3) is 0.276. The molecule has 2 N–H and O–H groups in total. The number of unbranched alkanes of at least 4 members (excludes halogenated alkanes) is 1. The van der Waals surface area contributed by atoms with E-state index in [1.54, 1.807) is 19.1 Å². The second-order valence-electron chi connectivity index (χ2n) is 9.15. The summed E-state index contributed by atoms with van der Waals surface area (Å²) in [6.07, 6.45) is 0.557. The van der Waals surface area contributed by atoms with Crippen LogP contribution in [0.4, 0.5) is 24.5 Å². The maximum Gasteiger partial charge on any atom is 0.417 e. The van der Waals surface area contributed by atoms with Crippen molar-refractivity contribution in [1.29, 1.82) is 5.26 Å². The summed E-state index contributed by atoms with van der Waals surface area (Å²) in [7, 11) is 1.52. The lowest BCUT2D eigenvalue weighted by Gasteiger charge is -2.24. The van der Waals surface area contributed by atoms with E-state index in [4.69, 9.17) is 17.5 Å². The number of nitriles is 1. The summed E-state index contributed by atoms with van der Waals surface area (Å²) in [6, 6.07) is 8.14. The first-order valence-corrected chi connectivity index (χ1v) is 13.0. The molecule has 2 aromatic rings. The molecule has 0 aromatic heterocycles. The number of aromatic hydroxyl groups is 1. The van der Waals surface area contributed by atoms with Gasteiger partial charge < -0.3 is 15.3 Å². The first-order valence-electron chi connectivity index (χ1n) is 12.6. The Morgan fingerprint density at radius 2 is 1.95 bits per heavy atom. The Balaban J connectivity index is 1.95. The number of hydrogen-bond donors (Lipinski definition) is 2. The van der Waals surface area contributed by atoms with Crippen LogP contribution in [0, 0.1) is 11.3 Å². The van der Waals surface area contributed by atoms with E-state index in [9.17, 15) is 23.1 Å². The van der Waals surface area contributed by atoms with E-state index < -0.39 is 29.3 Å². The Labute approximate surface area is 241 Å². The molecule has 1 aliphatic heterocycles. The van der Waals surface area contributed by atoms with Crippen molar-refractivity contribution in [3.8, 4) is 11.8 Å². The van der Waals surface area contributed by atoms with Gasteiger partial charge in [0.05, 0.1) is 28.4 Å². The molecule has 0 radical (unpaired) electrons. The fourth-order valence-electron chi connectivity index (χ4n) is 4.16. The maximum atomic E-state index is 13.6. The monoisotopic (exact) mass is 582 g/mol. The molecule has 0 spiro atoms. The summed E-state index contributed by atoms with van der Waals surface area (Å²) in [5.41, 5.74) is 0.0273. The van der Waals surface area contributed by atoms with Crippen molar-refractivity contribution < 1.29 is 23.1 Å². The smallest absolute Gasteiger partial charge is 0.417 e. The summed E-state index contributed by atoms with van der Waals surface area (Å²) in [6.45, 7) is 9.41. The van der Waals surface area contributed by atoms with Crippen LogP contribution in [0.15, 0.2) is 70.4 Å². The predicted molar refractivity (Wildman–Crippen MR) is 158 cm³/mol. The number of carbonyl (C=O) groups is 1. The zero-order chi connectivity index (χ0) is 30.5. The van der Waals surface area contributed by atoms with Gasteiger partial charge in [0, 0.05) is 30.3 Å². The third kappa shape index (κ3) is 6.81. The van der Waals surface area contributed by atoms with Crippen molar-refractivity contribution in [2.75, 3.05) is 16.8 Å². The quantitative estimate of drug-likeness (QED) is 0.170. The SMILES string of the molecule is C=C(/C=C(C)/N=C/CCC)N/C(=N\C)c1cc(N2C(=S)N(c3ccc(C#N)c(C(F)(F)F)c3)C(=O)C2C)ccc1O. The highest BCUT2D eigenvalue weighted by Crippen LogP contribution is 2.37. The molecule has 1 atom stereocenters. The Kier molecular flexibility index (Phi) is 9.67. The number of allylic oxidation sites excluding steroid dienone is 2. The zero-order valence-electron chi connectivity index (χ0n) is 23.0. The number of rotatable bonds is 8. The lowest BCUT2D eigenvalue weighted by molar-refractivity contribution is -0.137. The number of aliphatic imine (C=N–C) groups is 2. The molecule has 0 aliphatic carbocycles. The van der Waals surface area contributed by atoms with E-state index in [-0.39, 0.29) is 27.9 Å². The largest absolute Gasteiger partial charge is 0.507 e. The van der Waals surface area contributed by atoms with E-state index in [1.165, 1.54) is 36.2 Å². The van der Waals surface area contributed by atoms with E-state index in [1.807, 2.05) is 13.1 Å². The highest BCUT2D eigenvalue weighted by Gasteiger charge is 2.43. The molecule has 41 heavy (non-hydrogen) atoms. The van der Waals surface area contributed by atoms with E-state index >= 15 is 0 Å². The number of nitrogens with one attached hydrogen (secondary N) is 1. The number of nitrogens with zero attached hydrogens (tertiary/aromatic N) is 5. The van der Waals surface area contributed by atoms with Gasteiger partial charge in [0.2, 0.25) is 0 Å². The predicted octanol–water partition coefficient (Wildman–Crippen LogP) is 6.06. The minimum atomic E-state index is -4.80. The van der Waals surface area contributed by atoms with Gasteiger partial charge in [0.1, 0.15) is 17.6 Å². The van der Waals surface area contributed by atoms with Crippen LogP contribution in [-0.2, 0) is 11.0 Å². The Morgan fingerprint density at radius 3 is 2.56 bits per heavy atom. The molecule has 3 rings (SSSR count). The number of anilines is 2. The standard InChI is InChI=1S/C29H29F3N6O2S/c1-6-7-12-35-17(2)13-18(3)36-26(34-5)23-14-21(10-11-25(23)39)37-19(4)27(40)38(28(37)41)22-9-8-20(16-33)24(15-22)29(30,31)32/h8-15,19,39H,3,6-7H2,1-2,4-5H3,(H,34,36)/b17-13+,35-12+. The van der Waals surface area contributed by atoms with Gasteiger partial charge in [-0.3, -0.25) is 19.7 Å². The first kappa shape index (κ1) is 31.0. The van der Waals surface area contributed by atoms with Crippen LogP contribution >= 0.6 is 12.2 Å². The van der Waals surface area contributed by atoms with Crippen molar-refractivity contribution in [2.45, 2.75) is 45.8 Å². The molecule has 1 saturated heterocycles. The van der Waals surface area contributed by atoms with Gasteiger partial charge in [0.25, 0.3) is 5.91 Å². The molecule has 12 heteroatoms. The van der Waals surface area contributed by atoms with Crippen molar-refractivity contribution in [2.24, 2.45) is 9.98 Å². The molecule has 1 amide bonds. The molecule has 1 unspecified atom stereocenters. The van der Waals surface area contributed by atoms with Crippen LogP contribution in [0.5, 0.6) is 5.75 Å². The number of halogens is 3. The number of alkyl halides is 3. The molecule has 0 saturated carbocycles. The van der Waals surface area contributed by atoms with Crippen molar-refractivity contribution in [1.82, 2.24) is 5.32 Å². The highest BCUT2D eigenvalue weighted by molar-refractivity contribution is 7.81. The number of phenolic OH excluding ortho intramolecular Hbond substituents is 1. The maximum absolute atomic E-state index is 13.6. The average molecular weight is 583 g/mol. The summed E-state index contributed by atoms with van der Waals surface area (Å²) >= 11 is 5.55. The lowest BCUT2D eigenvalue weighted by atomic mass is 10.1. The second kappa shape index (κ2) is 12.8. The van der Waals surface area contributed by atoms with Crippen LogP contribution in [0.25, 0.3) is 0 Å². The molecular weight excluding hydrogens is 553 g/mol. The second-order valence-corrected chi connectivity index (χ2v) is 9.52. The van der Waals surface area contributed by atoms with Crippen LogP contribution in [0.2, 0.25) is 0 Å². The molecule has 1 aliphatic rings. The van der Waals surface area contributed by atoms with E-state index in [0.29, 0.717) is 11.4 Å². The fourth-order valence-corrected chi connectivity index (χ4v) is 4.62. The van der Waals surface area contributed by atoms with Crippen LogP contribution in [-0.4, -0.2) is 41.3 Å². The van der Waals surface area contributed by atoms with E-state index in [2.05, 4.69) is 28.8 Å². The molecule has 214 valence electrons. The van der Waals surface area contributed by atoms with Crippen molar-refractivity contribution in [3.05, 3.63) is 77.1 Å². The molecule has 2 aromatic carbocycles. The Hall–Kier alpha value is -4.50. The molecule has 8 nitrogen and oxygen atoms in total. The molecule has 1 fully saturated rings. The van der Waals surface area contributed by atoms with Gasteiger partial charge in [-0.2, -0.15) is 18.4 Å². The van der Waals surface area contributed by atoms with Gasteiger partial charge in [-0.15, -0.1) is 0 Å². The number of benzene rings is 2.